The molecule has 1 saturated heterocycles. The molecule has 0 aromatic heterocycles. The molecule has 1 fully saturated rings. The van der Waals surface area contributed by atoms with Crippen molar-refractivity contribution in [1.82, 2.24) is 4.90 Å². The lowest BCUT2D eigenvalue weighted by atomic mass is 9.68. The van der Waals surface area contributed by atoms with Gasteiger partial charge in [-0.2, -0.15) is 0 Å². The lowest BCUT2D eigenvalue weighted by Crippen LogP contribution is -2.48. The van der Waals surface area contributed by atoms with Crippen molar-refractivity contribution in [2.24, 2.45) is 16.7 Å². The van der Waals surface area contributed by atoms with Crippen molar-refractivity contribution in [2.75, 3.05) is 6.54 Å². The summed E-state index contributed by atoms with van der Waals surface area (Å²) in [6, 6.07) is 9.98. The maximum atomic E-state index is 12.9. The second-order valence-electron chi connectivity index (χ2n) is 8.44. The fourth-order valence-corrected chi connectivity index (χ4v) is 3.74. The molecule has 21 heavy (non-hydrogen) atoms. The fourth-order valence-electron chi connectivity index (χ4n) is 3.74. The van der Waals surface area contributed by atoms with Gasteiger partial charge in [-0.25, -0.2) is 0 Å². The van der Waals surface area contributed by atoms with E-state index < -0.39 is 0 Å². The summed E-state index contributed by atoms with van der Waals surface area (Å²) in [7, 11) is 0. The van der Waals surface area contributed by atoms with Crippen molar-refractivity contribution in [2.45, 2.75) is 54.0 Å². The van der Waals surface area contributed by atoms with Gasteiger partial charge < -0.3 is 4.90 Å². The summed E-state index contributed by atoms with van der Waals surface area (Å²) >= 11 is 0. The third-order valence-electron chi connectivity index (χ3n) is 4.68. The van der Waals surface area contributed by atoms with Gasteiger partial charge in [0, 0.05) is 18.2 Å². The number of likely N-dealkylation sites (tertiary alicyclic amines) is 1. The lowest BCUT2D eigenvalue weighted by Gasteiger charge is -2.43. The first-order valence-corrected chi connectivity index (χ1v) is 7.98. The zero-order valence-electron chi connectivity index (χ0n) is 14.3. The first-order valence-electron chi connectivity index (χ1n) is 7.98. The largest absolute Gasteiger partial charge is 0.335 e. The molecular formula is C19H29NO. The molecular weight excluding hydrogens is 258 g/mol. The Labute approximate surface area is 129 Å². The van der Waals surface area contributed by atoms with Gasteiger partial charge in [0.25, 0.3) is 5.91 Å². The highest BCUT2D eigenvalue weighted by Crippen LogP contribution is 2.45. The van der Waals surface area contributed by atoms with Gasteiger partial charge in [0.15, 0.2) is 0 Å². The molecule has 2 unspecified atom stereocenters. The number of amides is 1. The van der Waals surface area contributed by atoms with Crippen LogP contribution in [-0.4, -0.2) is 23.4 Å². The number of rotatable bonds is 1. The summed E-state index contributed by atoms with van der Waals surface area (Å²) in [4.78, 5) is 15.0. The highest BCUT2D eigenvalue weighted by Gasteiger charge is 2.47. The van der Waals surface area contributed by atoms with Crippen LogP contribution in [0.15, 0.2) is 30.3 Å². The number of benzene rings is 1. The van der Waals surface area contributed by atoms with E-state index in [1.807, 2.05) is 30.3 Å². The predicted octanol–water partition coefficient (Wildman–Crippen LogP) is 4.61. The van der Waals surface area contributed by atoms with E-state index >= 15 is 0 Å². The SMILES string of the molecule is CC(C)(C)C1CCN(C(=O)c2ccccc2)C1C(C)(C)C. The normalized spacial score (nSPS) is 23.4. The first kappa shape index (κ1) is 16.1. The van der Waals surface area contributed by atoms with Crippen molar-refractivity contribution in [1.29, 1.82) is 0 Å². The Bertz CT molecular complexity index is 493. The molecule has 0 spiro atoms. The molecule has 0 bridgehead atoms. The van der Waals surface area contributed by atoms with Crippen LogP contribution in [0, 0.1) is 16.7 Å². The Hall–Kier alpha value is -1.31. The summed E-state index contributed by atoms with van der Waals surface area (Å²) in [6.45, 7) is 14.5. The van der Waals surface area contributed by atoms with Crippen LogP contribution < -0.4 is 0 Å². The average molecular weight is 287 g/mol. The molecule has 0 N–H and O–H groups in total. The van der Waals surface area contributed by atoms with Crippen molar-refractivity contribution in [3.63, 3.8) is 0 Å². The van der Waals surface area contributed by atoms with Crippen LogP contribution in [0.25, 0.3) is 0 Å². The predicted molar refractivity (Wildman–Crippen MR) is 88.3 cm³/mol. The third kappa shape index (κ3) is 3.30. The van der Waals surface area contributed by atoms with Crippen LogP contribution in [0.3, 0.4) is 0 Å². The second kappa shape index (κ2) is 5.47. The van der Waals surface area contributed by atoms with E-state index in [2.05, 4.69) is 46.4 Å². The van der Waals surface area contributed by atoms with Crippen LogP contribution in [-0.2, 0) is 0 Å². The number of carbonyl (C=O) groups excluding carboxylic acids is 1. The van der Waals surface area contributed by atoms with Crippen molar-refractivity contribution in [3.05, 3.63) is 35.9 Å². The van der Waals surface area contributed by atoms with Crippen LogP contribution in [0.2, 0.25) is 0 Å². The minimum atomic E-state index is 0.0961. The van der Waals surface area contributed by atoms with Gasteiger partial charge in [-0.3, -0.25) is 4.79 Å². The Balaban J connectivity index is 2.33. The highest BCUT2D eigenvalue weighted by atomic mass is 16.2. The summed E-state index contributed by atoms with van der Waals surface area (Å²) in [5.41, 5.74) is 1.13. The number of nitrogens with zero attached hydrogens (tertiary/aromatic N) is 1. The highest BCUT2D eigenvalue weighted by molar-refractivity contribution is 5.94. The quantitative estimate of drug-likeness (QED) is 0.738. The Morgan fingerprint density at radius 2 is 1.57 bits per heavy atom. The molecule has 1 aromatic carbocycles. The summed E-state index contributed by atoms with van der Waals surface area (Å²) in [5, 5.41) is 0. The standard InChI is InChI=1S/C19H29NO/c1-18(2,3)15-12-13-20(16(15)19(4,5)6)17(21)14-10-8-7-9-11-14/h7-11,15-16H,12-13H2,1-6H3. The molecule has 116 valence electrons. The van der Waals surface area contributed by atoms with E-state index in [4.69, 9.17) is 0 Å². The maximum Gasteiger partial charge on any atom is 0.254 e. The molecule has 1 aromatic rings. The van der Waals surface area contributed by atoms with Gasteiger partial charge in [0.05, 0.1) is 0 Å². The summed E-state index contributed by atoms with van der Waals surface area (Å²) in [6.07, 6.45) is 1.10. The van der Waals surface area contributed by atoms with Gasteiger partial charge in [-0.1, -0.05) is 59.7 Å². The molecule has 1 aliphatic rings. The topological polar surface area (TPSA) is 20.3 Å². The molecule has 2 nitrogen and oxygen atoms in total. The van der Waals surface area contributed by atoms with Gasteiger partial charge in [0.2, 0.25) is 0 Å². The second-order valence-corrected chi connectivity index (χ2v) is 8.44. The van der Waals surface area contributed by atoms with Crippen molar-refractivity contribution < 1.29 is 4.79 Å². The van der Waals surface area contributed by atoms with Crippen LogP contribution >= 0.6 is 0 Å². The summed E-state index contributed by atoms with van der Waals surface area (Å²) in [5.74, 6) is 0.729. The minimum Gasteiger partial charge on any atom is -0.335 e. The molecule has 0 aliphatic carbocycles. The number of hydrogen-bond acceptors (Lipinski definition) is 1. The third-order valence-corrected chi connectivity index (χ3v) is 4.68. The lowest BCUT2D eigenvalue weighted by molar-refractivity contribution is 0.0444. The van der Waals surface area contributed by atoms with Gasteiger partial charge in [-0.05, 0) is 35.3 Å². The molecule has 2 rings (SSSR count). The van der Waals surface area contributed by atoms with E-state index in [0.717, 1.165) is 18.5 Å². The Kier molecular flexibility index (Phi) is 4.19. The van der Waals surface area contributed by atoms with Gasteiger partial charge in [0.1, 0.15) is 0 Å². The average Bonchev–Trinajstić information content (AvgIpc) is 2.83. The van der Waals surface area contributed by atoms with E-state index in [-0.39, 0.29) is 16.7 Å². The molecule has 2 atom stereocenters. The smallest absolute Gasteiger partial charge is 0.254 e. The first-order chi connectivity index (χ1) is 9.62. The molecule has 2 heteroatoms. The molecule has 1 aliphatic heterocycles. The Morgan fingerprint density at radius 1 is 1.00 bits per heavy atom. The number of carbonyl (C=O) groups is 1. The summed E-state index contributed by atoms with van der Waals surface area (Å²) < 4.78 is 0. The van der Waals surface area contributed by atoms with E-state index in [9.17, 15) is 4.79 Å². The van der Waals surface area contributed by atoms with Crippen LogP contribution in [0.4, 0.5) is 0 Å². The molecule has 1 heterocycles. The maximum absolute atomic E-state index is 12.9. The van der Waals surface area contributed by atoms with E-state index in [1.165, 1.54) is 0 Å². The monoisotopic (exact) mass is 287 g/mol. The minimum absolute atomic E-state index is 0.0961. The molecule has 0 radical (unpaired) electrons. The zero-order valence-corrected chi connectivity index (χ0v) is 14.3. The van der Waals surface area contributed by atoms with Gasteiger partial charge >= 0.3 is 0 Å². The Morgan fingerprint density at radius 3 is 2.05 bits per heavy atom. The van der Waals surface area contributed by atoms with Crippen LogP contribution in [0.5, 0.6) is 0 Å². The molecule has 1 amide bonds. The van der Waals surface area contributed by atoms with E-state index in [0.29, 0.717) is 12.0 Å². The van der Waals surface area contributed by atoms with Gasteiger partial charge in [-0.15, -0.1) is 0 Å². The fraction of sp³-hybridized carbons (Fsp3) is 0.632. The molecule has 0 saturated carbocycles. The zero-order chi connectivity index (χ0) is 15.8. The van der Waals surface area contributed by atoms with Crippen molar-refractivity contribution >= 4 is 5.91 Å². The van der Waals surface area contributed by atoms with E-state index in [1.54, 1.807) is 0 Å². The van der Waals surface area contributed by atoms with Crippen LogP contribution in [0.1, 0.15) is 58.3 Å². The number of hydrogen-bond donors (Lipinski definition) is 0. The van der Waals surface area contributed by atoms with Crippen molar-refractivity contribution in [3.8, 4) is 0 Å².